The molecule has 0 bridgehead atoms. The number of nitrogens with two attached hydrogens (primary N) is 3. The Morgan fingerprint density at radius 2 is 1.84 bits per heavy atom. The van der Waals surface area contributed by atoms with E-state index in [1.807, 2.05) is 0 Å². The predicted molar refractivity (Wildman–Crippen MR) is 119 cm³/mol. The van der Waals surface area contributed by atoms with Crippen molar-refractivity contribution in [2.75, 3.05) is 18.8 Å². The van der Waals surface area contributed by atoms with Gasteiger partial charge in [0.05, 0.1) is 12.4 Å². The van der Waals surface area contributed by atoms with Crippen LogP contribution in [0.25, 0.3) is 0 Å². The number of nitrogens with one attached hydrogen (secondary N) is 4. The first kappa shape index (κ1) is 26.7. The van der Waals surface area contributed by atoms with Crippen molar-refractivity contribution in [3.63, 3.8) is 0 Å². The van der Waals surface area contributed by atoms with Crippen LogP contribution in [0.5, 0.6) is 0 Å². The molecular formula is C17H29N9O5S. The highest BCUT2D eigenvalue weighted by Gasteiger charge is 2.28. The second-order valence-corrected chi connectivity index (χ2v) is 7.12. The number of hydrogen-bond acceptors (Lipinski definition) is 8. The smallest absolute Gasteiger partial charge is 0.322 e. The molecule has 32 heavy (non-hydrogen) atoms. The number of carbonyl (C=O) groups excluding carboxylic acids is 3. The van der Waals surface area contributed by atoms with Crippen LogP contribution in [0, 0.1) is 0 Å². The highest BCUT2D eigenvalue weighted by molar-refractivity contribution is 7.80. The molecule has 0 aromatic carbocycles. The fourth-order valence-corrected chi connectivity index (χ4v) is 2.68. The van der Waals surface area contributed by atoms with Gasteiger partial charge in [0, 0.05) is 30.6 Å². The molecule has 0 fully saturated rings. The van der Waals surface area contributed by atoms with E-state index >= 15 is 0 Å². The molecule has 11 N–H and O–H groups in total. The molecule has 178 valence electrons. The molecule has 3 atom stereocenters. The highest BCUT2D eigenvalue weighted by Crippen LogP contribution is 2.04. The lowest BCUT2D eigenvalue weighted by atomic mass is 10.1. The highest BCUT2D eigenvalue weighted by atomic mass is 32.1. The number of nitrogens with zero attached hydrogens (tertiary/aromatic N) is 2. The molecule has 0 spiro atoms. The van der Waals surface area contributed by atoms with Crippen molar-refractivity contribution >= 4 is 42.3 Å². The SMILES string of the molecule is NC(N)=NCCCC(NC(=O)C(Cc1cnc[nH]1)NC(=O)C(N)CS)C(=O)NCC(=O)O. The summed E-state index contributed by atoms with van der Waals surface area (Å²) in [6.07, 6.45) is 3.39. The lowest BCUT2D eigenvalue weighted by Crippen LogP contribution is -2.57. The number of aliphatic imine (C=N–C) groups is 1. The number of aromatic amines is 1. The molecule has 0 aliphatic rings. The predicted octanol–water partition coefficient (Wildman–Crippen LogP) is -3.57. The van der Waals surface area contributed by atoms with E-state index in [0.717, 1.165) is 0 Å². The molecule has 0 saturated carbocycles. The quantitative estimate of drug-likeness (QED) is 0.0563. The van der Waals surface area contributed by atoms with Crippen LogP contribution in [0.4, 0.5) is 0 Å². The Kier molecular flexibility index (Phi) is 11.6. The van der Waals surface area contributed by atoms with Crippen molar-refractivity contribution in [2.24, 2.45) is 22.2 Å². The molecule has 15 heteroatoms. The van der Waals surface area contributed by atoms with E-state index in [1.165, 1.54) is 12.5 Å². The summed E-state index contributed by atoms with van der Waals surface area (Å²) in [6.45, 7) is -0.420. The van der Waals surface area contributed by atoms with Crippen LogP contribution in [0.1, 0.15) is 18.5 Å². The van der Waals surface area contributed by atoms with Gasteiger partial charge in [0.15, 0.2) is 5.96 Å². The van der Waals surface area contributed by atoms with Crippen LogP contribution in [0.2, 0.25) is 0 Å². The minimum absolute atomic E-state index is 0.0499. The number of hydrogen-bond donors (Lipinski definition) is 9. The molecule has 1 aromatic heterocycles. The van der Waals surface area contributed by atoms with E-state index in [0.29, 0.717) is 12.1 Å². The second kappa shape index (κ2) is 13.9. The summed E-state index contributed by atoms with van der Waals surface area (Å²) < 4.78 is 0. The van der Waals surface area contributed by atoms with Crippen LogP contribution in [-0.2, 0) is 25.6 Å². The molecule has 1 heterocycles. The average molecular weight is 472 g/mol. The van der Waals surface area contributed by atoms with Crippen molar-refractivity contribution in [3.8, 4) is 0 Å². The van der Waals surface area contributed by atoms with E-state index in [1.54, 1.807) is 0 Å². The third-order valence-corrected chi connectivity index (χ3v) is 4.53. The van der Waals surface area contributed by atoms with E-state index in [4.69, 9.17) is 22.3 Å². The van der Waals surface area contributed by atoms with Crippen LogP contribution in [-0.4, -0.2) is 81.7 Å². The van der Waals surface area contributed by atoms with Crippen LogP contribution >= 0.6 is 12.6 Å². The Bertz CT molecular complexity index is 798. The fraction of sp³-hybridized carbons (Fsp3) is 0.529. The lowest BCUT2D eigenvalue weighted by Gasteiger charge is -2.23. The number of carboxylic acid groups (broad SMARTS) is 1. The third-order valence-electron chi connectivity index (χ3n) is 4.14. The molecule has 0 radical (unpaired) electrons. The molecule has 0 aliphatic carbocycles. The second-order valence-electron chi connectivity index (χ2n) is 6.75. The number of guanidine groups is 1. The van der Waals surface area contributed by atoms with Crippen LogP contribution in [0.15, 0.2) is 17.5 Å². The maximum absolute atomic E-state index is 12.9. The van der Waals surface area contributed by atoms with Crippen LogP contribution in [0.3, 0.4) is 0 Å². The number of amides is 3. The van der Waals surface area contributed by atoms with Crippen molar-refractivity contribution in [2.45, 2.75) is 37.4 Å². The zero-order valence-electron chi connectivity index (χ0n) is 17.3. The van der Waals surface area contributed by atoms with Crippen molar-refractivity contribution in [1.82, 2.24) is 25.9 Å². The molecule has 1 rings (SSSR count). The zero-order valence-corrected chi connectivity index (χ0v) is 18.2. The number of H-pyrrole nitrogens is 1. The monoisotopic (exact) mass is 471 g/mol. The Morgan fingerprint density at radius 1 is 1.16 bits per heavy atom. The lowest BCUT2D eigenvalue weighted by molar-refractivity contribution is -0.138. The summed E-state index contributed by atoms with van der Waals surface area (Å²) in [4.78, 5) is 58.8. The Morgan fingerprint density at radius 3 is 2.41 bits per heavy atom. The first-order valence-corrected chi connectivity index (χ1v) is 10.3. The first-order chi connectivity index (χ1) is 15.1. The molecule has 1 aromatic rings. The molecule has 14 nitrogen and oxygen atoms in total. The Labute approximate surface area is 189 Å². The molecule has 3 unspecified atom stereocenters. The molecule has 0 saturated heterocycles. The number of rotatable bonds is 14. The van der Waals surface area contributed by atoms with Gasteiger partial charge >= 0.3 is 5.97 Å². The van der Waals surface area contributed by atoms with Gasteiger partial charge in [-0.3, -0.25) is 24.2 Å². The third kappa shape index (κ3) is 10.1. The Balaban J connectivity index is 2.93. The molecule has 0 aliphatic heterocycles. The van der Waals surface area contributed by atoms with Gasteiger partial charge < -0.3 is 43.2 Å². The number of imidazole rings is 1. The maximum Gasteiger partial charge on any atom is 0.322 e. The van der Waals surface area contributed by atoms with Crippen LogP contribution < -0.4 is 33.2 Å². The van der Waals surface area contributed by atoms with E-state index in [2.05, 4.69) is 43.5 Å². The number of carboxylic acids is 1. The largest absolute Gasteiger partial charge is 0.480 e. The summed E-state index contributed by atoms with van der Waals surface area (Å²) in [6, 6.07) is -3.11. The van der Waals surface area contributed by atoms with Gasteiger partial charge in [-0.2, -0.15) is 12.6 Å². The normalized spacial score (nSPS) is 13.3. The van der Waals surface area contributed by atoms with Gasteiger partial charge in [-0.1, -0.05) is 0 Å². The fourth-order valence-electron chi connectivity index (χ4n) is 2.52. The summed E-state index contributed by atoms with van der Waals surface area (Å²) in [5.74, 6) is -3.27. The van der Waals surface area contributed by atoms with Crippen molar-refractivity contribution in [1.29, 1.82) is 0 Å². The average Bonchev–Trinajstić information content (AvgIpc) is 3.25. The number of thiol groups is 1. The standard InChI is InChI=1S/C17H29N9O5S/c18-10(7-32)14(29)26-12(4-9-5-21-8-24-9)16(31)25-11(2-1-3-22-17(19)20)15(30)23-6-13(27)28/h5,8,10-12,32H,1-4,6-7,18H2,(H,21,24)(H,23,30)(H,25,31)(H,26,29)(H,27,28)(H4,19,20,22). The molecule has 3 amide bonds. The maximum atomic E-state index is 12.9. The van der Waals surface area contributed by atoms with Crippen molar-refractivity contribution in [3.05, 3.63) is 18.2 Å². The van der Waals surface area contributed by atoms with E-state index < -0.39 is 48.4 Å². The minimum atomic E-state index is -1.24. The van der Waals surface area contributed by atoms with E-state index in [9.17, 15) is 19.2 Å². The zero-order chi connectivity index (χ0) is 24.1. The summed E-state index contributed by atoms with van der Waals surface area (Å²) >= 11 is 3.97. The van der Waals surface area contributed by atoms with Gasteiger partial charge in [0.2, 0.25) is 17.7 Å². The number of aromatic nitrogens is 2. The number of carbonyl (C=O) groups is 4. The summed E-state index contributed by atoms with van der Waals surface area (Å²) in [5, 5.41) is 16.1. The van der Waals surface area contributed by atoms with Gasteiger partial charge in [-0.15, -0.1) is 0 Å². The molecular weight excluding hydrogens is 442 g/mol. The first-order valence-electron chi connectivity index (χ1n) is 9.63. The topological polar surface area (TPSA) is 244 Å². The summed E-state index contributed by atoms with van der Waals surface area (Å²) in [7, 11) is 0. The van der Waals surface area contributed by atoms with Gasteiger partial charge in [0.25, 0.3) is 0 Å². The summed E-state index contributed by atoms with van der Waals surface area (Å²) in [5.41, 5.74) is 16.8. The van der Waals surface area contributed by atoms with Crippen molar-refractivity contribution < 1.29 is 24.3 Å². The van der Waals surface area contributed by atoms with Gasteiger partial charge in [-0.05, 0) is 12.8 Å². The number of aliphatic carboxylic acids is 1. The Hall–Kier alpha value is -3.33. The van der Waals surface area contributed by atoms with E-state index in [-0.39, 0.29) is 31.1 Å². The van der Waals surface area contributed by atoms with Gasteiger partial charge in [0.1, 0.15) is 18.6 Å². The van der Waals surface area contributed by atoms with Gasteiger partial charge in [-0.25, -0.2) is 4.98 Å². The minimum Gasteiger partial charge on any atom is -0.480 e.